The van der Waals surface area contributed by atoms with Gasteiger partial charge < -0.3 is 19.8 Å². The monoisotopic (exact) mass is 1250 g/mol. The number of likely N-dealkylation sites (N-methyl/N-ethyl adjacent to an activating group) is 1. The van der Waals surface area contributed by atoms with Gasteiger partial charge in [-0.05, 0) is 32.1 Å². The van der Waals surface area contributed by atoms with Crippen LogP contribution in [-0.4, -0.2) is 73.4 Å². The molecule has 0 saturated heterocycles. The van der Waals surface area contributed by atoms with Crippen molar-refractivity contribution in [3.05, 3.63) is 24.3 Å². The number of carbonyl (C=O) groups is 1. The molecule has 9 heteroatoms. The van der Waals surface area contributed by atoms with Gasteiger partial charge in [-0.25, -0.2) is 4.57 Å². The van der Waals surface area contributed by atoms with Gasteiger partial charge in [-0.2, -0.15) is 0 Å². The molecule has 0 aromatic rings. The average Bonchev–Trinajstić information content (AvgIpc) is 3.70. The molecule has 3 N–H and O–H groups in total. The number of quaternary nitrogens is 1. The molecule has 0 heterocycles. The van der Waals surface area contributed by atoms with Gasteiger partial charge in [-0.15, -0.1) is 0 Å². The van der Waals surface area contributed by atoms with E-state index in [1.807, 2.05) is 27.2 Å². The minimum Gasteiger partial charge on any atom is -0.387 e. The number of unbranched alkanes of at least 4 members (excludes halogenated alkanes) is 59. The highest BCUT2D eigenvalue weighted by atomic mass is 31.2. The van der Waals surface area contributed by atoms with E-state index in [4.69, 9.17) is 9.05 Å². The smallest absolute Gasteiger partial charge is 0.387 e. The number of rotatable bonds is 74. The number of phosphoric ester groups is 1. The van der Waals surface area contributed by atoms with E-state index in [-0.39, 0.29) is 19.1 Å². The fourth-order valence-electron chi connectivity index (χ4n) is 12.4. The fourth-order valence-corrected chi connectivity index (χ4v) is 13.1. The van der Waals surface area contributed by atoms with Crippen LogP contribution in [0.2, 0.25) is 0 Å². The van der Waals surface area contributed by atoms with Crippen molar-refractivity contribution in [2.75, 3.05) is 40.9 Å². The van der Waals surface area contributed by atoms with Gasteiger partial charge >= 0.3 is 7.82 Å². The van der Waals surface area contributed by atoms with Gasteiger partial charge in [-0.3, -0.25) is 13.8 Å². The zero-order valence-corrected chi connectivity index (χ0v) is 60.4. The summed E-state index contributed by atoms with van der Waals surface area (Å²) in [6.45, 7) is 4.87. The zero-order chi connectivity index (χ0) is 63.4. The molecule has 0 aliphatic rings. The second-order valence-corrected chi connectivity index (χ2v) is 29.9. The van der Waals surface area contributed by atoms with E-state index in [0.29, 0.717) is 17.4 Å². The van der Waals surface area contributed by atoms with Crippen LogP contribution >= 0.6 is 7.82 Å². The number of phosphoric acid groups is 1. The average molecular weight is 1250 g/mol. The summed E-state index contributed by atoms with van der Waals surface area (Å²) in [4.78, 5) is 23.5. The Kier molecular flexibility index (Phi) is 68.5. The van der Waals surface area contributed by atoms with Crippen LogP contribution in [0.3, 0.4) is 0 Å². The summed E-state index contributed by atoms with van der Waals surface area (Å²) in [5, 5.41) is 14.0. The van der Waals surface area contributed by atoms with Crippen molar-refractivity contribution in [1.82, 2.24) is 5.32 Å². The van der Waals surface area contributed by atoms with Crippen LogP contribution in [0.1, 0.15) is 418 Å². The summed E-state index contributed by atoms with van der Waals surface area (Å²) in [7, 11) is 1.58. The van der Waals surface area contributed by atoms with Crippen LogP contribution in [-0.2, 0) is 18.4 Å². The number of nitrogens with one attached hydrogen (secondary N) is 1. The molecule has 518 valence electrons. The lowest BCUT2D eigenvalue weighted by atomic mass is 10.0. The van der Waals surface area contributed by atoms with Crippen molar-refractivity contribution in [2.24, 2.45) is 0 Å². The lowest BCUT2D eigenvalue weighted by Crippen LogP contribution is -2.45. The molecule has 0 fully saturated rings. The molecule has 3 atom stereocenters. The maximum absolute atomic E-state index is 13.1. The molecule has 0 aromatic carbocycles. The van der Waals surface area contributed by atoms with Gasteiger partial charge in [0.05, 0.1) is 39.9 Å². The molecule has 0 radical (unpaired) electrons. The highest BCUT2D eigenvalue weighted by Gasteiger charge is 2.28. The highest BCUT2D eigenvalue weighted by Crippen LogP contribution is 2.43. The number of hydrogen-bond acceptors (Lipinski definition) is 5. The molecule has 3 unspecified atom stereocenters. The first-order valence-electron chi connectivity index (χ1n) is 39.2. The van der Waals surface area contributed by atoms with E-state index in [9.17, 15) is 19.4 Å². The number of aliphatic hydroxyl groups is 1. The Morgan fingerprint density at radius 2 is 0.632 bits per heavy atom. The van der Waals surface area contributed by atoms with E-state index in [1.54, 1.807) is 6.08 Å². The molecule has 1 amide bonds. The summed E-state index contributed by atoms with van der Waals surface area (Å²) in [5.74, 6) is -0.176. The Morgan fingerprint density at radius 1 is 0.379 bits per heavy atom. The molecule has 87 heavy (non-hydrogen) atoms. The van der Waals surface area contributed by atoms with Gasteiger partial charge in [0.1, 0.15) is 13.2 Å². The van der Waals surface area contributed by atoms with Crippen LogP contribution in [0.15, 0.2) is 24.3 Å². The number of carbonyl (C=O) groups excluding carboxylic acids is 1. The molecule has 0 aromatic heterocycles. The predicted molar refractivity (Wildman–Crippen MR) is 383 cm³/mol. The van der Waals surface area contributed by atoms with Crippen molar-refractivity contribution in [3.63, 3.8) is 0 Å². The van der Waals surface area contributed by atoms with Crippen molar-refractivity contribution < 1.29 is 32.9 Å². The third kappa shape index (κ3) is 72.3. The molecule has 0 aliphatic heterocycles. The van der Waals surface area contributed by atoms with Crippen LogP contribution < -0.4 is 5.32 Å². The van der Waals surface area contributed by atoms with Crippen molar-refractivity contribution in [1.29, 1.82) is 0 Å². The first-order chi connectivity index (χ1) is 42.5. The summed E-state index contributed by atoms with van der Waals surface area (Å²) in [6.07, 6.45) is 92.4. The first kappa shape index (κ1) is 86.0. The summed E-state index contributed by atoms with van der Waals surface area (Å²) < 4.78 is 23.9. The lowest BCUT2D eigenvalue weighted by molar-refractivity contribution is -0.870. The van der Waals surface area contributed by atoms with E-state index in [0.717, 1.165) is 38.5 Å². The number of amides is 1. The summed E-state index contributed by atoms with van der Waals surface area (Å²) in [5.41, 5.74) is 0. The van der Waals surface area contributed by atoms with Gasteiger partial charge in [-0.1, -0.05) is 404 Å². The molecular weight excluding hydrogens is 1090 g/mol. The van der Waals surface area contributed by atoms with Crippen molar-refractivity contribution in [2.45, 2.75) is 431 Å². The Labute approximate surface area is 545 Å². The summed E-state index contributed by atoms with van der Waals surface area (Å²) in [6, 6.07) is -0.863. The normalized spacial score (nSPS) is 13.6. The van der Waals surface area contributed by atoms with E-state index in [1.165, 1.54) is 360 Å². The molecule has 0 rings (SSSR count). The van der Waals surface area contributed by atoms with E-state index < -0.39 is 20.0 Å². The van der Waals surface area contributed by atoms with Gasteiger partial charge in [0.15, 0.2) is 0 Å². The Balaban J connectivity index is 3.97. The number of allylic oxidation sites excluding steroid dienone is 3. The quantitative estimate of drug-likeness (QED) is 0.0243. The van der Waals surface area contributed by atoms with E-state index in [2.05, 4.69) is 31.3 Å². The molecule has 0 bridgehead atoms. The van der Waals surface area contributed by atoms with Gasteiger partial charge in [0, 0.05) is 6.42 Å². The second-order valence-electron chi connectivity index (χ2n) is 28.4. The topological polar surface area (TPSA) is 105 Å². The number of nitrogens with zero attached hydrogens (tertiary/aromatic N) is 1. The third-order valence-corrected chi connectivity index (χ3v) is 19.4. The Bertz CT molecular complexity index is 1470. The van der Waals surface area contributed by atoms with Gasteiger partial charge in [0.2, 0.25) is 5.91 Å². The maximum atomic E-state index is 13.1. The molecule has 0 spiro atoms. The van der Waals surface area contributed by atoms with E-state index >= 15 is 0 Å². The molecule has 0 aliphatic carbocycles. The van der Waals surface area contributed by atoms with Crippen LogP contribution in [0.25, 0.3) is 0 Å². The predicted octanol–water partition coefficient (Wildman–Crippen LogP) is 25.4. The maximum Gasteiger partial charge on any atom is 0.472 e. The molecule has 8 nitrogen and oxygen atoms in total. The van der Waals surface area contributed by atoms with Crippen molar-refractivity contribution >= 4 is 13.7 Å². The minimum atomic E-state index is -4.36. The largest absolute Gasteiger partial charge is 0.472 e. The second kappa shape index (κ2) is 69.3. The molecule has 0 saturated carbocycles. The lowest BCUT2D eigenvalue weighted by Gasteiger charge is -2.25. The molecular formula is C78H156N2O6P+. The van der Waals surface area contributed by atoms with Crippen molar-refractivity contribution in [3.8, 4) is 0 Å². The SMILES string of the molecule is CCCCCCCCCCCCCCCCCCCCCCCCC/C=C/CC/C=C/C(O)C(COP(=O)(O)OCC[N+](C)(C)C)NC(=O)CCCCCCCCCCCCCCCCCCCCCCCCCCCCCCCCCCCCCC. The highest BCUT2D eigenvalue weighted by molar-refractivity contribution is 7.47. The zero-order valence-electron chi connectivity index (χ0n) is 59.6. The third-order valence-electron chi connectivity index (χ3n) is 18.4. The number of hydrogen-bond donors (Lipinski definition) is 3. The minimum absolute atomic E-state index is 0.0592. The Hall–Kier alpha value is -1.02. The first-order valence-corrected chi connectivity index (χ1v) is 40.7. The Morgan fingerprint density at radius 3 is 0.920 bits per heavy atom. The fraction of sp³-hybridized carbons (Fsp3) is 0.936. The van der Waals surface area contributed by atoms with Gasteiger partial charge in [0.25, 0.3) is 0 Å². The summed E-state index contributed by atoms with van der Waals surface area (Å²) >= 11 is 0. The van der Waals surface area contributed by atoms with Crippen LogP contribution in [0, 0.1) is 0 Å². The van der Waals surface area contributed by atoms with Crippen LogP contribution in [0.5, 0.6) is 0 Å². The standard InChI is InChI=1S/C78H155N2O6P/c1-6-8-10-12-14-16-18-20-22-24-26-28-30-32-34-36-37-38-39-40-41-42-44-46-48-50-52-54-56-58-60-62-64-66-68-70-72-78(82)79-76(75-86-87(83,84)85-74-73-80(3,4)5)77(81)71-69-67-65-63-61-59-57-55-53-51-49-47-45-43-35-33-31-29-27-25-23-21-19-17-15-13-11-9-7-2/h61,63,69,71,76-77,81H,6-60,62,64-68,70,72-75H2,1-5H3,(H-,79,82,83,84)/p+1/b63-61+,71-69+. The number of aliphatic hydroxyl groups excluding tert-OH is 1. The van der Waals surface area contributed by atoms with Crippen LogP contribution in [0.4, 0.5) is 0 Å².